The van der Waals surface area contributed by atoms with Gasteiger partial charge in [0.25, 0.3) is 0 Å². The lowest BCUT2D eigenvalue weighted by Gasteiger charge is -2.24. The number of amidine groups is 1. The second-order valence-corrected chi connectivity index (χ2v) is 3.73. The van der Waals surface area contributed by atoms with E-state index in [1.54, 1.807) is 31.2 Å². The van der Waals surface area contributed by atoms with Gasteiger partial charge in [0.05, 0.1) is 6.04 Å². The largest absolute Gasteiger partial charge is 0.384 e. The Morgan fingerprint density at radius 1 is 1.53 bits per heavy atom. The molecule has 1 amide bonds. The van der Waals surface area contributed by atoms with Crippen molar-refractivity contribution in [2.24, 2.45) is 5.73 Å². The molecule has 0 heterocycles. The first kappa shape index (κ1) is 12.9. The highest BCUT2D eigenvalue weighted by molar-refractivity contribution is 5.99. The van der Waals surface area contributed by atoms with Crippen molar-refractivity contribution in [2.75, 3.05) is 4.90 Å². The van der Waals surface area contributed by atoms with Crippen molar-refractivity contribution in [3.63, 3.8) is 0 Å². The Morgan fingerprint density at radius 2 is 2.18 bits per heavy atom. The van der Waals surface area contributed by atoms with Crippen molar-refractivity contribution in [3.05, 3.63) is 29.8 Å². The topological polar surface area (TPSA) is 87.2 Å². The first-order valence-electron chi connectivity index (χ1n) is 5.17. The van der Waals surface area contributed by atoms with Gasteiger partial charge < -0.3 is 15.4 Å². The average Bonchev–Trinajstić information content (AvgIpc) is 2.28. The van der Waals surface area contributed by atoms with Gasteiger partial charge in [0.1, 0.15) is 12.1 Å². The summed E-state index contributed by atoms with van der Waals surface area (Å²) in [5.74, 6) is -0.306. The van der Waals surface area contributed by atoms with Crippen LogP contribution in [0.5, 0.6) is 0 Å². The molecule has 17 heavy (non-hydrogen) atoms. The summed E-state index contributed by atoms with van der Waals surface area (Å²) in [5, 5.41) is 7.34. The molecule has 0 bridgehead atoms. The lowest BCUT2D eigenvalue weighted by atomic mass is 10.1. The van der Waals surface area contributed by atoms with E-state index in [9.17, 15) is 9.59 Å². The molecule has 0 saturated heterocycles. The molecule has 5 heteroatoms. The molecular weight excluding hydrogens is 218 g/mol. The van der Waals surface area contributed by atoms with Gasteiger partial charge in [-0.2, -0.15) is 0 Å². The van der Waals surface area contributed by atoms with Crippen LogP contribution in [0, 0.1) is 5.41 Å². The van der Waals surface area contributed by atoms with Gasteiger partial charge in [0.15, 0.2) is 0 Å². The molecule has 1 aromatic rings. The van der Waals surface area contributed by atoms with E-state index in [1.165, 1.54) is 11.8 Å². The summed E-state index contributed by atoms with van der Waals surface area (Å²) in [6.45, 7) is 3.02. The molecule has 3 N–H and O–H groups in total. The Hall–Kier alpha value is -2.17. The van der Waals surface area contributed by atoms with Gasteiger partial charge in [-0.1, -0.05) is 12.1 Å². The van der Waals surface area contributed by atoms with Gasteiger partial charge in [-0.05, 0) is 19.1 Å². The number of rotatable bonds is 4. The van der Waals surface area contributed by atoms with Crippen LogP contribution < -0.4 is 10.6 Å². The molecule has 0 fully saturated rings. The van der Waals surface area contributed by atoms with Crippen molar-refractivity contribution in [3.8, 4) is 0 Å². The summed E-state index contributed by atoms with van der Waals surface area (Å²) in [4.78, 5) is 23.7. The Bertz CT molecular complexity index is 457. The number of carbonyl (C=O) groups excluding carboxylic acids is 2. The van der Waals surface area contributed by atoms with Crippen molar-refractivity contribution < 1.29 is 9.59 Å². The number of anilines is 1. The van der Waals surface area contributed by atoms with Crippen molar-refractivity contribution in [1.82, 2.24) is 0 Å². The zero-order valence-corrected chi connectivity index (χ0v) is 9.81. The van der Waals surface area contributed by atoms with Crippen molar-refractivity contribution in [1.29, 1.82) is 5.41 Å². The summed E-state index contributed by atoms with van der Waals surface area (Å²) < 4.78 is 0. The van der Waals surface area contributed by atoms with Crippen LogP contribution in [0.2, 0.25) is 0 Å². The normalized spacial score (nSPS) is 11.6. The molecule has 1 unspecified atom stereocenters. The van der Waals surface area contributed by atoms with Gasteiger partial charge >= 0.3 is 0 Å². The van der Waals surface area contributed by atoms with Gasteiger partial charge in [0, 0.05) is 18.2 Å². The quantitative estimate of drug-likeness (QED) is 0.460. The van der Waals surface area contributed by atoms with E-state index >= 15 is 0 Å². The summed E-state index contributed by atoms with van der Waals surface area (Å²) in [6, 6.07) is 6.14. The maximum absolute atomic E-state index is 11.5. The van der Waals surface area contributed by atoms with Crippen molar-refractivity contribution in [2.45, 2.75) is 19.9 Å². The third-order valence-corrected chi connectivity index (χ3v) is 2.38. The molecule has 90 valence electrons. The van der Waals surface area contributed by atoms with E-state index in [-0.39, 0.29) is 11.7 Å². The number of benzene rings is 1. The van der Waals surface area contributed by atoms with E-state index in [0.29, 0.717) is 17.5 Å². The average molecular weight is 233 g/mol. The number of aldehydes is 1. The van der Waals surface area contributed by atoms with Crippen LogP contribution in [0.1, 0.15) is 19.4 Å². The highest BCUT2D eigenvalue weighted by atomic mass is 16.2. The molecule has 0 spiro atoms. The predicted octanol–water partition coefficient (Wildman–Crippen LogP) is 0.911. The summed E-state index contributed by atoms with van der Waals surface area (Å²) in [5.41, 5.74) is 6.46. The Balaban J connectivity index is 3.19. The number of hydrogen-bond acceptors (Lipinski definition) is 3. The van der Waals surface area contributed by atoms with Gasteiger partial charge in [-0.3, -0.25) is 10.2 Å². The number of nitrogens with two attached hydrogens (primary N) is 1. The lowest BCUT2D eigenvalue weighted by Crippen LogP contribution is -2.38. The molecule has 5 nitrogen and oxygen atoms in total. The first-order valence-corrected chi connectivity index (χ1v) is 5.17. The highest BCUT2D eigenvalue weighted by Gasteiger charge is 2.18. The maximum Gasteiger partial charge on any atom is 0.224 e. The highest BCUT2D eigenvalue weighted by Crippen LogP contribution is 2.18. The second kappa shape index (κ2) is 5.25. The van der Waals surface area contributed by atoms with E-state index < -0.39 is 6.04 Å². The SMILES string of the molecule is CC(=O)N(c1cccc(C(=N)N)c1)C(C)C=O. The molecule has 1 aromatic carbocycles. The summed E-state index contributed by atoms with van der Waals surface area (Å²) in [6.07, 6.45) is 0.696. The zero-order chi connectivity index (χ0) is 13.0. The number of amides is 1. The Labute approximate surface area is 99.7 Å². The number of nitrogens with zero attached hydrogens (tertiary/aromatic N) is 1. The number of nitrogen functional groups attached to an aromatic ring is 1. The number of hydrogen-bond donors (Lipinski definition) is 2. The first-order chi connectivity index (χ1) is 7.97. The Morgan fingerprint density at radius 3 is 2.65 bits per heavy atom. The van der Waals surface area contributed by atoms with Crippen molar-refractivity contribution >= 4 is 23.7 Å². The van der Waals surface area contributed by atoms with Crippen LogP contribution in [0.25, 0.3) is 0 Å². The van der Waals surface area contributed by atoms with Gasteiger partial charge in [-0.25, -0.2) is 0 Å². The molecule has 0 saturated carbocycles. The lowest BCUT2D eigenvalue weighted by molar-refractivity contribution is -0.119. The van der Waals surface area contributed by atoms with E-state index in [4.69, 9.17) is 11.1 Å². The van der Waals surface area contributed by atoms with Crippen LogP contribution in [-0.4, -0.2) is 24.1 Å². The molecular formula is C12H15N3O2. The van der Waals surface area contributed by atoms with Crippen LogP contribution in [0.4, 0.5) is 5.69 Å². The van der Waals surface area contributed by atoms with Crippen LogP contribution >= 0.6 is 0 Å². The van der Waals surface area contributed by atoms with E-state index in [0.717, 1.165) is 0 Å². The maximum atomic E-state index is 11.5. The van der Waals surface area contributed by atoms with Gasteiger partial charge in [-0.15, -0.1) is 0 Å². The monoisotopic (exact) mass is 233 g/mol. The fourth-order valence-electron chi connectivity index (χ4n) is 1.59. The summed E-state index contributed by atoms with van der Waals surface area (Å²) >= 11 is 0. The van der Waals surface area contributed by atoms with E-state index in [2.05, 4.69) is 0 Å². The van der Waals surface area contributed by atoms with Crippen LogP contribution in [-0.2, 0) is 9.59 Å². The third-order valence-electron chi connectivity index (χ3n) is 2.38. The Kier molecular flexibility index (Phi) is 3.98. The minimum atomic E-state index is -0.547. The summed E-state index contributed by atoms with van der Waals surface area (Å²) in [7, 11) is 0. The molecule has 0 radical (unpaired) electrons. The molecule has 0 aliphatic rings. The van der Waals surface area contributed by atoms with Crippen LogP contribution in [0.15, 0.2) is 24.3 Å². The molecule has 0 aliphatic heterocycles. The van der Waals surface area contributed by atoms with Gasteiger partial charge in [0.2, 0.25) is 5.91 Å². The number of carbonyl (C=O) groups is 2. The zero-order valence-electron chi connectivity index (χ0n) is 9.81. The van der Waals surface area contributed by atoms with Crippen LogP contribution in [0.3, 0.4) is 0 Å². The molecule has 1 atom stereocenters. The predicted molar refractivity (Wildman–Crippen MR) is 66.1 cm³/mol. The standard InChI is InChI=1S/C12H15N3O2/c1-8(7-16)15(9(2)17)11-5-3-4-10(6-11)12(13)14/h3-8H,1-2H3,(H3,13,14). The van der Waals surface area contributed by atoms with E-state index in [1.807, 2.05) is 0 Å². The minimum absolute atomic E-state index is 0.0749. The second-order valence-electron chi connectivity index (χ2n) is 3.73. The third kappa shape index (κ3) is 2.90. The smallest absolute Gasteiger partial charge is 0.224 e. The molecule has 1 rings (SSSR count). The fraction of sp³-hybridized carbons (Fsp3) is 0.250. The fourth-order valence-corrected chi connectivity index (χ4v) is 1.59. The minimum Gasteiger partial charge on any atom is -0.384 e. The number of nitrogens with one attached hydrogen (secondary N) is 1. The molecule has 0 aliphatic carbocycles. The molecule has 0 aromatic heterocycles.